The molecule has 1 saturated heterocycles. The quantitative estimate of drug-likeness (QED) is 0.320. The van der Waals surface area contributed by atoms with Crippen LogP contribution in [0.1, 0.15) is 39.2 Å². The summed E-state index contributed by atoms with van der Waals surface area (Å²) in [6.07, 6.45) is 4.73. The zero-order chi connectivity index (χ0) is 27.6. The van der Waals surface area contributed by atoms with Gasteiger partial charge in [-0.3, -0.25) is 0 Å². The number of amides is 1. The molecule has 3 N–H and O–H groups in total. The highest BCUT2D eigenvalue weighted by atomic mass is 16.6. The number of likely N-dealkylation sites (tertiary alicyclic amines) is 1. The molecule has 1 aliphatic heterocycles. The third-order valence-electron chi connectivity index (χ3n) is 6.47. The second-order valence-corrected chi connectivity index (χ2v) is 10.7. The van der Waals surface area contributed by atoms with E-state index in [0.717, 1.165) is 29.2 Å². The number of carbonyl (C=O) groups excluding carboxylic acids is 1. The highest BCUT2D eigenvalue weighted by molar-refractivity contribution is 5.97. The molecule has 0 radical (unpaired) electrons. The molecular weight excluding hydrogens is 494 g/mol. The predicted molar refractivity (Wildman–Crippen MR) is 151 cm³/mol. The standard InChI is InChI=1S/C29H33N7O3/c1-18-10-11-20-21(8-5-9-23(20)30)25(18)38-26-22(12-15-32-35-26)24-13-14-31-27(34-24)33-19-7-6-16-36(17-19)28(37)39-29(2,3)4/h5,8-15,19H,6-7,16-17,30H2,1-4H3,(H,31,33,34)/t19-/m0/s1. The maximum absolute atomic E-state index is 12.6. The number of nitrogens with one attached hydrogen (secondary N) is 1. The Morgan fingerprint density at radius 1 is 1.10 bits per heavy atom. The first kappa shape index (κ1) is 26.1. The number of carbonyl (C=O) groups is 1. The van der Waals surface area contributed by atoms with Crippen LogP contribution in [0.5, 0.6) is 11.6 Å². The van der Waals surface area contributed by atoms with Gasteiger partial charge in [0.1, 0.15) is 11.4 Å². The third-order valence-corrected chi connectivity index (χ3v) is 6.47. The molecule has 5 rings (SSSR count). The van der Waals surface area contributed by atoms with E-state index in [-0.39, 0.29) is 12.1 Å². The lowest BCUT2D eigenvalue weighted by molar-refractivity contribution is 0.0206. The van der Waals surface area contributed by atoms with Crippen molar-refractivity contribution >= 4 is 28.5 Å². The molecule has 202 valence electrons. The number of benzene rings is 2. The maximum Gasteiger partial charge on any atom is 0.410 e. The fraction of sp³-hybridized carbons (Fsp3) is 0.345. The predicted octanol–water partition coefficient (Wildman–Crippen LogP) is 5.58. The van der Waals surface area contributed by atoms with E-state index in [1.54, 1.807) is 23.4 Å². The van der Waals surface area contributed by atoms with E-state index in [1.807, 2.05) is 64.1 Å². The number of nitrogens with two attached hydrogens (primary N) is 1. The summed E-state index contributed by atoms with van der Waals surface area (Å²) in [6, 6.07) is 13.3. The van der Waals surface area contributed by atoms with Gasteiger partial charge in [0.25, 0.3) is 0 Å². The molecule has 3 heterocycles. The summed E-state index contributed by atoms with van der Waals surface area (Å²) in [5.41, 5.74) is 8.59. The summed E-state index contributed by atoms with van der Waals surface area (Å²) in [5, 5.41) is 13.5. The number of hydrogen-bond acceptors (Lipinski definition) is 9. The van der Waals surface area contributed by atoms with Crippen LogP contribution in [0, 0.1) is 6.92 Å². The minimum atomic E-state index is -0.537. The second kappa shape index (κ2) is 10.7. The number of piperidine rings is 1. The third kappa shape index (κ3) is 6.00. The van der Waals surface area contributed by atoms with Crippen LogP contribution in [0.15, 0.2) is 54.9 Å². The van der Waals surface area contributed by atoms with E-state index in [1.165, 1.54) is 0 Å². The smallest absolute Gasteiger partial charge is 0.410 e. The van der Waals surface area contributed by atoms with E-state index in [9.17, 15) is 4.79 Å². The number of fused-ring (bicyclic) bond motifs is 1. The number of hydrogen-bond donors (Lipinski definition) is 2. The summed E-state index contributed by atoms with van der Waals surface area (Å²) in [7, 11) is 0. The minimum absolute atomic E-state index is 0.00315. The average Bonchev–Trinajstić information content (AvgIpc) is 2.90. The van der Waals surface area contributed by atoms with Gasteiger partial charge in [0.15, 0.2) is 0 Å². The van der Waals surface area contributed by atoms with Crippen molar-refractivity contribution in [3.05, 3.63) is 60.4 Å². The van der Waals surface area contributed by atoms with Crippen LogP contribution in [0.25, 0.3) is 22.0 Å². The summed E-state index contributed by atoms with van der Waals surface area (Å²) in [5.74, 6) is 1.45. The molecule has 2 aromatic heterocycles. The summed E-state index contributed by atoms with van der Waals surface area (Å²) < 4.78 is 11.9. The Kier molecular flexibility index (Phi) is 7.19. The van der Waals surface area contributed by atoms with Crippen molar-refractivity contribution in [1.82, 2.24) is 25.1 Å². The first-order valence-electron chi connectivity index (χ1n) is 13.0. The van der Waals surface area contributed by atoms with Crippen molar-refractivity contribution in [1.29, 1.82) is 0 Å². The lowest BCUT2D eigenvalue weighted by atomic mass is 10.0. The van der Waals surface area contributed by atoms with Crippen molar-refractivity contribution in [2.45, 2.75) is 52.2 Å². The zero-order valence-electron chi connectivity index (χ0n) is 22.6. The molecule has 1 fully saturated rings. The van der Waals surface area contributed by atoms with Gasteiger partial charge < -0.3 is 25.4 Å². The second-order valence-electron chi connectivity index (χ2n) is 10.7. The number of nitrogens with zero attached hydrogens (tertiary/aromatic N) is 5. The van der Waals surface area contributed by atoms with Gasteiger partial charge in [0.05, 0.1) is 17.5 Å². The monoisotopic (exact) mass is 527 g/mol. The maximum atomic E-state index is 12.6. The number of anilines is 2. The normalized spacial score (nSPS) is 15.7. The van der Waals surface area contributed by atoms with Crippen molar-refractivity contribution in [2.75, 3.05) is 24.1 Å². The Morgan fingerprint density at radius 2 is 1.95 bits per heavy atom. The molecule has 0 aliphatic carbocycles. The number of aryl methyl sites for hydroxylation is 1. The van der Waals surface area contributed by atoms with Gasteiger partial charge in [-0.2, -0.15) is 5.10 Å². The number of ether oxygens (including phenoxy) is 2. The largest absolute Gasteiger partial charge is 0.444 e. The minimum Gasteiger partial charge on any atom is -0.444 e. The molecular formula is C29H33N7O3. The van der Waals surface area contributed by atoms with Crippen LogP contribution in [0.3, 0.4) is 0 Å². The lowest BCUT2D eigenvalue weighted by Crippen LogP contribution is -2.47. The Balaban J connectivity index is 1.38. The first-order valence-corrected chi connectivity index (χ1v) is 13.0. The molecule has 1 aliphatic rings. The molecule has 2 aromatic carbocycles. The van der Waals surface area contributed by atoms with Gasteiger partial charge in [-0.15, -0.1) is 5.10 Å². The molecule has 39 heavy (non-hydrogen) atoms. The Bertz CT molecular complexity index is 1500. The van der Waals surface area contributed by atoms with Crippen LogP contribution < -0.4 is 15.8 Å². The Hall–Kier alpha value is -4.47. The van der Waals surface area contributed by atoms with Crippen molar-refractivity contribution in [2.24, 2.45) is 0 Å². The molecule has 1 atom stereocenters. The van der Waals surface area contributed by atoms with E-state index in [2.05, 4.69) is 20.5 Å². The molecule has 0 spiro atoms. The van der Waals surface area contributed by atoms with Crippen molar-refractivity contribution in [3.63, 3.8) is 0 Å². The molecule has 1 amide bonds. The molecule has 0 unspecified atom stereocenters. The lowest BCUT2D eigenvalue weighted by Gasteiger charge is -2.34. The van der Waals surface area contributed by atoms with Gasteiger partial charge in [-0.1, -0.05) is 24.3 Å². The number of nitrogen functional groups attached to an aromatic ring is 1. The first-order chi connectivity index (χ1) is 18.7. The van der Waals surface area contributed by atoms with E-state index >= 15 is 0 Å². The Labute approximate surface area is 227 Å². The van der Waals surface area contributed by atoms with E-state index in [4.69, 9.17) is 20.2 Å². The van der Waals surface area contributed by atoms with Gasteiger partial charge in [-0.05, 0) is 64.3 Å². The molecule has 0 bridgehead atoms. The van der Waals surface area contributed by atoms with Gasteiger partial charge >= 0.3 is 6.09 Å². The van der Waals surface area contributed by atoms with E-state index in [0.29, 0.717) is 47.6 Å². The summed E-state index contributed by atoms with van der Waals surface area (Å²) in [4.78, 5) is 23.5. The topological polar surface area (TPSA) is 128 Å². The van der Waals surface area contributed by atoms with Crippen LogP contribution in [0.4, 0.5) is 16.4 Å². The highest BCUT2D eigenvalue weighted by Crippen LogP contribution is 2.37. The molecule has 10 nitrogen and oxygen atoms in total. The number of rotatable bonds is 5. The van der Waals surface area contributed by atoms with Crippen LogP contribution >= 0.6 is 0 Å². The van der Waals surface area contributed by atoms with Gasteiger partial charge in [-0.25, -0.2) is 14.8 Å². The SMILES string of the molecule is Cc1ccc2c(N)cccc2c1Oc1nnccc1-c1ccnc(N[C@H]2CCCN(C(=O)OC(C)(C)C)C2)n1. The van der Waals surface area contributed by atoms with Crippen molar-refractivity contribution in [3.8, 4) is 22.9 Å². The fourth-order valence-electron chi connectivity index (χ4n) is 4.63. The van der Waals surface area contributed by atoms with Crippen molar-refractivity contribution < 1.29 is 14.3 Å². The fourth-order valence-corrected chi connectivity index (χ4v) is 4.63. The van der Waals surface area contributed by atoms with Crippen LogP contribution in [-0.4, -0.2) is 55.9 Å². The number of aromatic nitrogens is 4. The zero-order valence-corrected chi connectivity index (χ0v) is 22.6. The molecule has 0 saturated carbocycles. The van der Waals surface area contributed by atoms with Gasteiger partial charge in [0, 0.05) is 41.8 Å². The Morgan fingerprint density at radius 3 is 2.77 bits per heavy atom. The van der Waals surface area contributed by atoms with Gasteiger partial charge in [0.2, 0.25) is 11.8 Å². The summed E-state index contributed by atoms with van der Waals surface area (Å²) >= 11 is 0. The molecule has 4 aromatic rings. The van der Waals surface area contributed by atoms with Crippen LogP contribution in [0.2, 0.25) is 0 Å². The summed E-state index contributed by atoms with van der Waals surface area (Å²) in [6.45, 7) is 8.76. The van der Waals surface area contributed by atoms with Crippen LogP contribution in [-0.2, 0) is 4.74 Å². The molecule has 10 heteroatoms. The average molecular weight is 528 g/mol. The van der Waals surface area contributed by atoms with E-state index < -0.39 is 5.60 Å². The highest BCUT2D eigenvalue weighted by Gasteiger charge is 2.28.